The van der Waals surface area contributed by atoms with E-state index in [1.807, 2.05) is 24.3 Å². The molecule has 1 atom stereocenters. The van der Waals surface area contributed by atoms with Gasteiger partial charge in [0, 0.05) is 5.56 Å². The van der Waals surface area contributed by atoms with Gasteiger partial charge in [0.2, 0.25) is 0 Å². The number of benzene rings is 3. The maximum atomic E-state index is 15.5. The molecular weight excluding hydrogens is 447 g/mol. The summed E-state index contributed by atoms with van der Waals surface area (Å²) in [4.78, 5) is 13.0. The van der Waals surface area contributed by atoms with Crippen molar-refractivity contribution in [1.82, 2.24) is 0 Å². The molecule has 1 fully saturated rings. The molecule has 36 heavy (non-hydrogen) atoms. The molecule has 0 bridgehead atoms. The van der Waals surface area contributed by atoms with Crippen LogP contribution in [0, 0.1) is 11.7 Å². The minimum Gasteiger partial charge on any atom is -0.423 e. The Balaban J connectivity index is 1.31. The van der Waals surface area contributed by atoms with Gasteiger partial charge >= 0.3 is 5.97 Å². The lowest BCUT2D eigenvalue weighted by molar-refractivity contribution is -0.137. The van der Waals surface area contributed by atoms with Crippen LogP contribution in [0.4, 0.5) is 4.39 Å². The number of aryl methyl sites for hydroxylation is 1. The Labute approximate surface area is 214 Å². The molecule has 0 radical (unpaired) electrons. The molecule has 1 unspecified atom stereocenters. The first-order valence-electron chi connectivity index (χ1n) is 13.8. The number of fused-ring (bicyclic) bond motifs is 1. The molecule has 3 heteroatoms. The van der Waals surface area contributed by atoms with Crippen molar-refractivity contribution in [1.29, 1.82) is 0 Å². The van der Waals surface area contributed by atoms with Crippen LogP contribution >= 0.6 is 0 Å². The van der Waals surface area contributed by atoms with Crippen molar-refractivity contribution in [3.63, 3.8) is 0 Å². The van der Waals surface area contributed by atoms with Crippen molar-refractivity contribution in [2.75, 3.05) is 0 Å². The highest BCUT2D eigenvalue weighted by Gasteiger charge is 2.33. The topological polar surface area (TPSA) is 26.3 Å². The first-order chi connectivity index (χ1) is 17.5. The molecule has 3 aromatic carbocycles. The summed E-state index contributed by atoms with van der Waals surface area (Å²) < 4.78 is 21.1. The summed E-state index contributed by atoms with van der Waals surface area (Å²) in [5, 5.41) is 0. The minimum absolute atomic E-state index is 0.0914. The molecule has 0 N–H and O–H groups in total. The van der Waals surface area contributed by atoms with Crippen LogP contribution in [0.25, 0.3) is 11.1 Å². The van der Waals surface area contributed by atoms with E-state index in [0.717, 1.165) is 29.0 Å². The Morgan fingerprint density at radius 3 is 2.25 bits per heavy atom. The highest BCUT2D eigenvalue weighted by Crippen LogP contribution is 2.40. The maximum Gasteiger partial charge on any atom is 0.319 e. The van der Waals surface area contributed by atoms with Gasteiger partial charge < -0.3 is 4.74 Å². The molecule has 0 amide bonds. The van der Waals surface area contributed by atoms with Crippen molar-refractivity contribution in [2.24, 2.45) is 5.92 Å². The largest absolute Gasteiger partial charge is 0.423 e. The summed E-state index contributed by atoms with van der Waals surface area (Å²) in [7, 11) is 0. The van der Waals surface area contributed by atoms with Crippen LogP contribution in [0.1, 0.15) is 92.9 Å². The molecule has 2 aliphatic rings. The van der Waals surface area contributed by atoms with E-state index in [-0.39, 0.29) is 11.7 Å². The van der Waals surface area contributed by atoms with Gasteiger partial charge in [-0.2, -0.15) is 0 Å². The molecule has 3 aromatic rings. The summed E-state index contributed by atoms with van der Waals surface area (Å²) >= 11 is 0. The molecule has 2 nitrogen and oxygen atoms in total. The van der Waals surface area contributed by atoms with E-state index in [1.54, 1.807) is 0 Å². The zero-order valence-corrected chi connectivity index (χ0v) is 21.6. The number of carbonyl (C=O) groups excluding carboxylic acids is 1. The van der Waals surface area contributed by atoms with E-state index in [9.17, 15) is 4.79 Å². The third-order valence-corrected chi connectivity index (χ3v) is 8.25. The van der Waals surface area contributed by atoms with Gasteiger partial charge in [0.25, 0.3) is 0 Å². The quantitative estimate of drug-likeness (QED) is 0.190. The van der Waals surface area contributed by atoms with Crippen molar-refractivity contribution in [3.05, 3.63) is 88.7 Å². The van der Waals surface area contributed by atoms with Crippen LogP contribution in [0.2, 0.25) is 0 Å². The van der Waals surface area contributed by atoms with Crippen LogP contribution in [-0.4, -0.2) is 5.97 Å². The van der Waals surface area contributed by atoms with Gasteiger partial charge in [-0.05, 0) is 71.8 Å². The molecule has 1 saturated carbocycles. The van der Waals surface area contributed by atoms with Crippen LogP contribution in [0.3, 0.4) is 0 Å². The van der Waals surface area contributed by atoms with Crippen LogP contribution in [0.15, 0.2) is 60.7 Å². The van der Waals surface area contributed by atoms with Gasteiger partial charge in [-0.15, -0.1) is 0 Å². The van der Waals surface area contributed by atoms with E-state index in [0.29, 0.717) is 17.9 Å². The second-order valence-electron chi connectivity index (χ2n) is 10.9. The summed E-state index contributed by atoms with van der Waals surface area (Å²) in [6.45, 7) is 4.54. The molecule has 0 aromatic heterocycles. The van der Waals surface area contributed by atoms with Crippen molar-refractivity contribution in [3.8, 4) is 16.9 Å². The van der Waals surface area contributed by atoms with Crippen molar-refractivity contribution in [2.45, 2.75) is 83.5 Å². The lowest BCUT2D eigenvalue weighted by Gasteiger charge is -2.27. The van der Waals surface area contributed by atoms with E-state index in [4.69, 9.17) is 4.74 Å². The van der Waals surface area contributed by atoms with Crippen LogP contribution in [0.5, 0.6) is 5.75 Å². The second-order valence-corrected chi connectivity index (χ2v) is 10.9. The molecular formula is C33H37FO2. The standard InChI is InChI=1S/C33H37FO2/c1-3-4-5-6-23-9-13-26(14-10-23)29-20-19-28-21-30(33(35)36-32(28)31(29)34)27-17-15-25(16-18-27)24-11-7-22(2)8-12-24/h9-10,13-20,22,24,30H,3-8,11-12,21H2,1-2H3. The Morgan fingerprint density at radius 2 is 1.56 bits per heavy atom. The Morgan fingerprint density at radius 1 is 0.861 bits per heavy atom. The fourth-order valence-corrected chi connectivity index (χ4v) is 5.84. The smallest absolute Gasteiger partial charge is 0.319 e. The number of hydrogen-bond acceptors (Lipinski definition) is 2. The highest BCUT2D eigenvalue weighted by molar-refractivity contribution is 5.84. The number of halogens is 1. The fourth-order valence-electron chi connectivity index (χ4n) is 5.84. The Bertz CT molecular complexity index is 1190. The van der Waals surface area contributed by atoms with Crippen molar-refractivity contribution >= 4 is 5.97 Å². The number of carbonyl (C=O) groups is 1. The fraction of sp³-hybridized carbons (Fsp3) is 0.424. The third-order valence-electron chi connectivity index (χ3n) is 8.25. The average molecular weight is 485 g/mol. The van der Waals surface area contributed by atoms with Gasteiger partial charge in [-0.25, -0.2) is 4.39 Å². The number of unbranched alkanes of at least 4 members (excludes halogenated alkanes) is 2. The third kappa shape index (κ3) is 5.26. The van der Waals surface area contributed by atoms with E-state index < -0.39 is 11.7 Å². The Hall–Kier alpha value is -2.94. The summed E-state index contributed by atoms with van der Waals surface area (Å²) in [5.41, 5.74) is 5.61. The number of ether oxygens (including phenoxy) is 1. The summed E-state index contributed by atoms with van der Waals surface area (Å²) in [5.74, 6) is 0.323. The Kier molecular flexibility index (Phi) is 7.55. The molecule has 1 aliphatic heterocycles. The number of rotatable bonds is 7. The summed E-state index contributed by atoms with van der Waals surface area (Å²) in [6, 6.07) is 20.3. The van der Waals surface area contributed by atoms with Gasteiger partial charge in [0.05, 0.1) is 5.92 Å². The van der Waals surface area contributed by atoms with E-state index in [1.165, 1.54) is 56.1 Å². The van der Waals surface area contributed by atoms with Gasteiger partial charge in [0.1, 0.15) is 0 Å². The number of esters is 1. The van der Waals surface area contributed by atoms with Crippen LogP contribution in [-0.2, 0) is 17.6 Å². The van der Waals surface area contributed by atoms with E-state index in [2.05, 4.69) is 50.2 Å². The predicted octanol–water partition coefficient (Wildman–Crippen LogP) is 8.76. The normalized spacial score (nSPS) is 21.6. The molecule has 1 heterocycles. The lowest BCUT2D eigenvalue weighted by atomic mass is 9.79. The predicted molar refractivity (Wildman–Crippen MR) is 144 cm³/mol. The molecule has 5 rings (SSSR count). The van der Waals surface area contributed by atoms with Gasteiger partial charge in [0.15, 0.2) is 11.6 Å². The first kappa shape index (κ1) is 24.7. The molecule has 0 spiro atoms. The van der Waals surface area contributed by atoms with Crippen molar-refractivity contribution < 1.29 is 13.9 Å². The molecule has 0 saturated heterocycles. The van der Waals surface area contributed by atoms with E-state index >= 15 is 4.39 Å². The monoisotopic (exact) mass is 484 g/mol. The minimum atomic E-state index is -0.445. The average Bonchev–Trinajstić information content (AvgIpc) is 2.90. The van der Waals surface area contributed by atoms with Gasteiger partial charge in [-0.1, -0.05) is 100 Å². The van der Waals surface area contributed by atoms with Crippen LogP contribution < -0.4 is 4.74 Å². The zero-order chi connectivity index (χ0) is 25.1. The number of hydrogen-bond donors (Lipinski definition) is 0. The van der Waals surface area contributed by atoms with Gasteiger partial charge in [-0.3, -0.25) is 4.79 Å². The second kappa shape index (κ2) is 11.0. The highest BCUT2D eigenvalue weighted by atomic mass is 19.1. The zero-order valence-electron chi connectivity index (χ0n) is 21.6. The first-order valence-corrected chi connectivity index (χ1v) is 13.8. The summed E-state index contributed by atoms with van der Waals surface area (Å²) in [6.07, 6.45) is 10.1. The maximum absolute atomic E-state index is 15.5. The lowest BCUT2D eigenvalue weighted by Crippen LogP contribution is -2.26. The SMILES string of the molecule is CCCCCc1ccc(-c2ccc3c(c2F)OC(=O)C(c2ccc(C4CCC(C)CC4)cc2)C3)cc1. The molecule has 188 valence electrons. The molecule has 1 aliphatic carbocycles.